The van der Waals surface area contributed by atoms with Crippen LogP contribution in [0, 0.1) is 10.8 Å². The Hall–Kier alpha value is -4.59. The van der Waals surface area contributed by atoms with Crippen molar-refractivity contribution >= 4 is 30.1 Å². The van der Waals surface area contributed by atoms with Gasteiger partial charge in [-0.25, -0.2) is 14.4 Å². The van der Waals surface area contributed by atoms with Crippen LogP contribution in [0.1, 0.15) is 78.4 Å². The van der Waals surface area contributed by atoms with E-state index in [2.05, 4.69) is 33.6 Å². The van der Waals surface area contributed by atoms with Gasteiger partial charge in [-0.3, -0.25) is 0 Å². The second kappa shape index (κ2) is 19.3. The zero-order valence-electron chi connectivity index (χ0n) is 29.5. The van der Waals surface area contributed by atoms with Crippen molar-refractivity contribution in [1.29, 1.82) is 0 Å². The number of ether oxygens (including phenoxy) is 5. The van der Waals surface area contributed by atoms with Gasteiger partial charge in [-0.15, -0.1) is 0 Å². The first-order valence-electron chi connectivity index (χ1n) is 16.3. The molecule has 0 aliphatic carbocycles. The number of carbonyl (C=O) groups is 3. The molecule has 0 heterocycles. The molecule has 8 heteroatoms. The summed E-state index contributed by atoms with van der Waals surface area (Å²) in [6.07, 6.45) is 6.77. The molecule has 2 aromatic carbocycles. The molecule has 0 aromatic heterocycles. The monoisotopic (exact) mass is 660 g/mol. The first-order chi connectivity index (χ1) is 22.7. The number of hydrogen-bond donors (Lipinski definition) is 0. The van der Waals surface area contributed by atoms with Gasteiger partial charge in [0.25, 0.3) is 0 Å². The summed E-state index contributed by atoms with van der Waals surface area (Å²) in [5, 5.41) is 0. The summed E-state index contributed by atoms with van der Waals surface area (Å²) in [5.74, 6) is 0.140. The lowest BCUT2D eigenvalue weighted by Gasteiger charge is -2.31. The van der Waals surface area contributed by atoms with Crippen LogP contribution in [0.5, 0.6) is 11.5 Å². The molecular formula is C40H52O8. The molecule has 0 aliphatic rings. The molecule has 0 bridgehead atoms. The third-order valence-electron chi connectivity index (χ3n) is 8.32. The van der Waals surface area contributed by atoms with E-state index in [1.54, 1.807) is 20.8 Å². The molecule has 2 aromatic rings. The Labute approximate surface area is 286 Å². The third-order valence-corrected chi connectivity index (χ3v) is 8.32. The van der Waals surface area contributed by atoms with Crippen LogP contribution < -0.4 is 9.47 Å². The molecule has 2 rings (SSSR count). The zero-order chi connectivity index (χ0) is 35.7. The van der Waals surface area contributed by atoms with Crippen molar-refractivity contribution in [1.82, 2.24) is 0 Å². The van der Waals surface area contributed by atoms with E-state index in [0.29, 0.717) is 55.1 Å². The van der Waals surface area contributed by atoms with Gasteiger partial charge in [-0.1, -0.05) is 76.9 Å². The summed E-state index contributed by atoms with van der Waals surface area (Å²) in [6.45, 7) is 23.2. The highest BCUT2D eigenvalue weighted by Gasteiger charge is 2.32. The minimum Gasteiger partial charge on any atom is -0.494 e. The number of esters is 3. The summed E-state index contributed by atoms with van der Waals surface area (Å²) in [5.41, 5.74) is 2.26. The topological polar surface area (TPSA) is 97.4 Å². The fraction of sp³-hybridized carbons (Fsp3) is 0.425. The quantitative estimate of drug-likeness (QED) is 0.0569. The van der Waals surface area contributed by atoms with E-state index in [0.717, 1.165) is 29.7 Å². The molecule has 0 aliphatic heterocycles. The van der Waals surface area contributed by atoms with Crippen LogP contribution in [0.15, 0.2) is 85.0 Å². The van der Waals surface area contributed by atoms with E-state index < -0.39 is 17.4 Å². The Balaban J connectivity index is 1.90. The molecule has 0 fully saturated rings. The minimum absolute atomic E-state index is 0.0753. The number of carbonyl (C=O) groups excluding carboxylic acids is 3. The second-order valence-corrected chi connectivity index (χ2v) is 12.8. The van der Waals surface area contributed by atoms with Crippen molar-refractivity contribution in [2.24, 2.45) is 10.8 Å². The number of benzene rings is 2. The molecule has 0 saturated carbocycles. The molecule has 0 N–H and O–H groups in total. The summed E-state index contributed by atoms with van der Waals surface area (Å²) < 4.78 is 28.3. The van der Waals surface area contributed by atoms with E-state index in [1.807, 2.05) is 67.6 Å². The first-order valence-corrected chi connectivity index (χ1v) is 16.3. The van der Waals surface area contributed by atoms with Gasteiger partial charge in [0.2, 0.25) is 0 Å². The minimum atomic E-state index is -0.614. The molecule has 1 unspecified atom stereocenters. The van der Waals surface area contributed by atoms with Gasteiger partial charge in [0.15, 0.2) is 0 Å². The van der Waals surface area contributed by atoms with Crippen LogP contribution in [0.2, 0.25) is 0 Å². The van der Waals surface area contributed by atoms with E-state index in [1.165, 1.54) is 0 Å². The maximum Gasteiger partial charge on any atom is 0.333 e. The molecule has 1 atom stereocenters. The number of hydrogen-bond acceptors (Lipinski definition) is 8. The Kier molecular flexibility index (Phi) is 15.9. The predicted octanol–water partition coefficient (Wildman–Crippen LogP) is 8.57. The Bertz CT molecular complexity index is 1400. The van der Waals surface area contributed by atoms with Crippen LogP contribution in [-0.2, 0) is 28.6 Å². The van der Waals surface area contributed by atoms with Crippen LogP contribution >= 0.6 is 0 Å². The summed E-state index contributed by atoms with van der Waals surface area (Å²) >= 11 is 0. The fourth-order valence-corrected chi connectivity index (χ4v) is 4.31. The standard InChI is InChI=1S/C40H52O8/c1-10-39(9,26-46-36(41)29(3)4)22-24-44-34-18-14-32(15-19-34)12-13-33-16-20-35(21-17-33)45-25-23-40(11-2,27-47-37(42)30(5)6)28-48-38(43)31(7)8/h12-21H,3,5,7,10-11,22-28H2,1-2,4,6,8-9H3/b13-12+. The largest absolute Gasteiger partial charge is 0.494 e. The Morgan fingerprint density at radius 1 is 0.604 bits per heavy atom. The lowest BCUT2D eigenvalue weighted by atomic mass is 9.83. The van der Waals surface area contributed by atoms with Crippen LogP contribution in [-0.4, -0.2) is 50.9 Å². The molecular weight excluding hydrogens is 608 g/mol. The normalized spacial score (nSPS) is 12.5. The van der Waals surface area contributed by atoms with E-state index in [4.69, 9.17) is 23.7 Å². The molecule has 48 heavy (non-hydrogen) atoms. The lowest BCUT2D eigenvalue weighted by Crippen LogP contribution is -2.35. The van der Waals surface area contributed by atoms with Crippen LogP contribution in [0.25, 0.3) is 12.2 Å². The van der Waals surface area contributed by atoms with E-state index in [9.17, 15) is 14.4 Å². The smallest absolute Gasteiger partial charge is 0.333 e. The van der Waals surface area contributed by atoms with Gasteiger partial charge in [0.1, 0.15) is 24.7 Å². The maximum absolute atomic E-state index is 12.1. The van der Waals surface area contributed by atoms with Crippen molar-refractivity contribution in [3.63, 3.8) is 0 Å². The average Bonchev–Trinajstić information content (AvgIpc) is 3.07. The summed E-state index contributed by atoms with van der Waals surface area (Å²) in [4.78, 5) is 35.9. The van der Waals surface area contributed by atoms with Crippen molar-refractivity contribution in [3.05, 3.63) is 96.1 Å². The maximum atomic E-state index is 12.1. The van der Waals surface area contributed by atoms with Gasteiger partial charge >= 0.3 is 17.9 Å². The van der Waals surface area contributed by atoms with Gasteiger partial charge in [-0.2, -0.15) is 0 Å². The van der Waals surface area contributed by atoms with Gasteiger partial charge in [-0.05, 0) is 81.8 Å². The molecule has 0 spiro atoms. The van der Waals surface area contributed by atoms with Crippen LogP contribution in [0.3, 0.4) is 0 Å². The zero-order valence-corrected chi connectivity index (χ0v) is 29.5. The van der Waals surface area contributed by atoms with Crippen molar-refractivity contribution in [2.75, 3.05) is 33.0 Å². The Morgan fingerprint density at radius 2 is 0.979 bits per heavy atom. The van der Waals surface area contributed by atoms with Gasteiger partial charge in [0.05, 0.1) is 19.8 Å². The predicted molar refractivity (Wildman–Crippen MR) is 190 cm³/mol. The fourth-order valence-electron chi connectivity index (χ4n) is 4.31. The number of rotatable bonds is 21. The molecule has 0 radical (unpaired) electrons. The van der Waals surface area contributed by atoms with E-state index in [-0.39, 0.29) is 24.6 Å². The highest BCUT2D eigenvalue weighted by molar-refractivity contribution is 5.87. The summed E-state index contributed by atoms with van der Waals surface area (Å²) in [7, 11) is 0. The van der Waals surface area contributed by atoms with Crippen molar-refractivity contribution in [3.8, 4) is 11.5 Å². The lowest BCUT2D eigenvalue weighted by molar-refractivity contribution is -0.150. The van der Waals surface area contributed by atoms with E-state index >= 15 is 0 Å². The third kappa shape index (κ3) is 13.6. The highest BCUT2D eigenvalue weighted by Crippen LogP contribution is 2.30. The van der Waals surface area contributed by atoms with Crippen molar-refractivity contribution in [2.45, 2.75) is 67.2 Å². The SMILES string of the molecule is C=C(C)C(=O)OCC(C)(CC)CCOc1ccc(/C=C/c2ccc(OCCC(CC)(COC(=O)C(=C)C)COC(=O)C(=C)C)cc2)cc1. The second-order valence-electron chi connectivity index (χ2n) is 12.8. The summed E-state index contributed by atoms with van der Waals surface area (Å²) in [6, 6.07) is 15.6. The van der Waals surface area contributed by atoms with Crippen LogP contribution in [0.4, 0.5) is 0 Å². The van der Waals surface area contributed by atoms with Crippen molar-refractivity contribution < 1.29 is 38.1 Å². The Morgan fingerprint density at radius 3 is 1.33 bits per heavy atom. The average molecular weight is 661 g/mol. The molecule has 0 saturated heterocycles. The molecule has 8 nitrogen and oxygen atoms in total. The highest BCUT2D eigenvalue weighted by atomic mass is 16.6. The molecule has 0 amide bonds. The van der Waals surface area contributed by atoms with Gasteiger partial charge < -0.3 is 23.7 Å². The first kappa shape index (κ1) is 39.6. The van der Waals surface area contributed by atoms with Gasteiger partial charge in [0, 0.05) is 27.5 Å². The molecule has 260 valence electrons.